The minimum absolute atomic E-state index is 0.248. The van der Waals surface area contributed by atoms with Crippen molar-refractivity contribution in [1.82, 2.24) is 10.3 Å². The summed E-state index contributed by atoms with van der Waals surface area (Å²) in [6.45, 7) is 2.85. The molecule has 1 atom stereocenters. The lowest BCUT2D eigenvalue weighted by atomic mass is 10.1. The summed E-state index contributed by atoms with van der Waals surface area (Å²) in [5.41, 5.74) is 2.89. The fourth-order valence-corrected chi connectivity index (χ4v) is 1.92. The van der Waals surface area contributed by atoms with Crippen molar-refractivity contribution >= 4 is 5.97 Å². The van der Waals surface area contributed by atoms with Crippen molar-refractivity contribution in [3.63, 3.8) is 0 Å². The summed E-state index contributed by atoms with van der Waals surface area (Å²) < 4.78 is 4.67. The highest BCUT2D eigenvalue weighted by Gasteiger charge is 2.06. The third-order valence-corrected chi connectivity index (χ3v) is 3.19. The molecule has 4 heteroatoms. The largest absolute Gasteiger partial charge is 0.465 e. The van der Waals surface area contributed by atoms with Gasteiger partial charge in [0.2, 0.25) is 0 Å². The van der Waals surface area contributed by atoms with E-state index in [2.05, 4.69) is 22.0 Å². The smallest absolute Gasteiger partial charge is 0.337 e. The Morgan fingerprint density at radius 1 is 1.20 bits per heavy atom. The molecule has 0 aliphatic rings. The molecular formula is C16H18N2O2. The van der Waals surface area contributed by atoms with E-state index in [0.29, 0.717) is 5.56 Å². The van der Waals surface area contributed by atoms with Crippen molar-refractivity contribution in [3.8, 4) is 0 Å². The van der Waals surface area contributed by atoms with Gasteiger partial charge in [-0.3, -0.25) is 4.98 Å². The average molecular weight is 270 g/mol. The zero-order valence-corrected chi connectivity index (χ0v) is 11.7. The Kier molecular flexibility index (Phi) is 4.85. The van der Waals surface area contributed by atoms with E-state index < -0.39 is 0 Å². The number of esters is 1. The number of benzene rings is 1. The van der Waals surface area contributed by atoms with Crippen LogP contribution < -0.4 is 5.32 Å². The maximum absolute atomic E-state index is 11.3. The van der Waals surface area contributed by atoms with E-state index in [4.69, 9.17) is 0 Å². The predicted molar refractivity (Wildman–Crippen MR) is 77.3 cm³/mol. The Hall–Kier alpha value is -2.20. The lowest BCUT2D eigenvalue weighted by Crippen LogP contribution is -2.18. The molecule has 4 nitrogen and oxygen atoms in total. The highest BCUT2D eigenvalue weighted by Crippen LogP contribution is 2.12. The van der Waals surface area contributed by atoms with E-state index in [1.807, 2.05) is 24.3 Å². The van der Waals surface area contributed by atoms with Crippen LogP contribution in [0, 0.1) is 0 Å². The fourth-order valence-electron chi connectivity index (χ4n) is 1.92. The van der Waals surface area contributed by atoms with Crippen LogP contribution in [0.1, 0.15) is 34.5 Å². The molecule has 0 amide bonds. The van der Waals surface area contributed by atoms with Gasteiger partial charge in [-0.2, -0.15) is 0 Å². The normalized spacial score (nSPS) is 11.9. The number of carbonyl (C=O) groups is 1. The molecule has 20 heavy (non-hydrogen) atoms. The van der Waals surface area contributed by atoms with E-state index in [9.17, 15) is 4.79 Å². The van der Waals surface area contributed by atoms with Gasteiger partial charge in [0.1, 0.15) is 0 Å². The van der Waals surface area contributed by atoms with E-state index in [-0.39, 0.29) is 12.0 Å². The van der Waals surface area contributed by atoms with Crippen LogP contribution in [0.5, 0.6) is 0 Å². The molecule has 0 aliphatic heterocycles. The van der Waals surface area contributed by atoms with Crippen LogP contribution in [-0.4, -0.2) is 18.1 Å². The summed E-state index contributed by atoms with van der Waals surface area (Å²) in [7, 11) is 1.38. The Balaban J connectivity index is 1.93. The van der Waals surface area contributed by atoms with E-state index >= 15 is 0 Å². The molecule has 1 N–H and O–H groups in total. The van der Waals surface area contributed by atoms with Crippen molar-refractivity contribution < 1.29 is 9.53 Å². The van der Waals surface area contributed by atoms with Gasteiger partial charge in [0.25, 0.3) is 0 Å². The fraction of sp³-hybridized carbons (Fsp3) is 0.250. The van der Waals surface area contributed by atoms with Crippen LogP contribution in [0.25, 0.3) is 0 Å². The first kappa shape index (κ1) is 14.2. The van der Waals surface area contributed by atoms with Crippen LogP contribution in [0.4, 0.5) is 0 Å². The molecule has 0 aliphatic carbocycles. The van der Waals surface area contributed by atoms with Crippen LogP contribution in [0.3, 0.4) is 0 Å². The average Bonchev–Trinajstić information content (AvgIpc) is 2.53. The summed E-state index contributed by atoms with van der Waals surface area (Å²) >= 11 is 0. The molecular weight excluding hydrogens is 252 g/mol. The Morgan fingerprint density at radius 2 is 1.85 bits per heavy atom. The second-order valence-electron chi connectivity index (χ2n) is 4.57. The van der Waals surface area contributed by atoms with Crippen molar-refractivity contribution in [3.05, 3.63) is 65.5 Å². The molecule has 0 spiro atoms. The van der Waals surface area contributed by atoms with Crippen LogP contribution in [-0.2, 0) is 11.3 Å². The maximum atomic E-state index is 11.3. The van der Waals surface area contributed by atoms with Gasteiger partial charge >= 0.3 is 5.97 Å². The number of carbonyl (C=O) groups excluding carboxylic acids is 1. The molecule has 0 fully saturated rings. The molecule has 2 rings (SSSR count). The molecule has 2 aromatic rings. The number of nitrogens with zero attached hydrogens (tertiary/aromatic N) is 1. The highest BCUT2D eigenvalue weighted by atomic mass is 16.5. The number of hydrogen-bond donors (Lipinski definition) is 1. The van der Waals surface area contributed by atoms with Crippen molar-refractivity contribution in [2.75, 3.05) is 7.11 Å². The van der Waals surface area contributed by atoms with Gasteiger partial charge in [-0.15, -0.1) is 0 Å². The molecule has 0 saturated heterocycles. The molecule has 1 aromatic carbocycles. The Morgan fingerprint density at radius 3 is 2.45 bits per heavy atom. The summed E-state index contributed by atoms with van der Waals surface area (Å²) in [6.07, 6.45) is 3.58. The van der Waals surface area contributed by atoms with Gasteiger partial charge in [-0.1, -0.05) is 12.1 Å². The Labute approximate surface area is 118 Å². The number of aromatic nitrogens is 1. The molecule has 1 heterocycles. The molecule has 0 radical (unpaired) electrons. The monoisotopic (exact) mass is 270 g/mol. The first-order valence-corrected chi connectivity index (χ1v) is 6.51. The van der Waals surface area contributed by atoms with Gasteiger partial charge in [0.05, 0.1) is 12.7 Å². The lowest BCUT2D eigenvalue weighted by molar-refractivity contribution is 0.0600. The highest BCUT2D eigenvalue weighted by molar-refractivity contribution is 5.89. The van der Waals surface area contributed by atoms with Crippen molar-refractivity contribution in [1.29, 1.82) is 0 Å². The van der Waals surface area contributed by atoms with Gasteiger partial charge in [0.15, 0.2) is 0 Å². The molecule has 1 unspecified atom stereocenters. The summed E-state index contributed by atoms with van der Waals surface area (Å²) in [4.78, 5) is 15.3. The van der Waals surface area contributed by atoms with Crippen LogP contribution >= 0.6 is 0 Å². The third kappa shape index (κ3) is 3.65. The Bertz CT molecular complexity index is 552. The number of methoxy groups -OCH3 is 1. The third-order valence-electron chi connectivity index (χ3n) is 3.19. The number of rotatable bonds is 5. The summed E-state index contributed by atoms with van der Waals surface area (Å²) in [6, 6.07) is 11.7. The van der Waals surface area contributed by atoms with E-state index in [1.54, 1.807) is 24.5 Å². The van der Waals surface area contributed by atoms with Crippen molar-refractivity contribution in [2.45, 2.75) is 19.5 Å². The quantitative estimate of drug-likeness (QED) is 0.849. The molecule has 104 valence electrons. The summed E-state index contributed by atoms with van der Waals surface area (Å²) in [5, 5.41) is 3.43. The van der Waals surface area contributed by atoms with Gasteiger partial charge in [-0.25, -0.2) is 4.79 Å². The summed E-state index contributed by atoms with van der Waals surface area (Å²) in [5.74, 6) is -0.310. The van der Waals surface area contributed by atoms with Gasteiger partial charge in [-0.05, 0) is 42.3 Å². The SMILES string of the molecule is COC(=O)c1ccc(CNC(C)c2ccncc2)cc1. The second kappa shape index (κ2) is 6.82. The van der Waals surface area contributed by atoms with Crippen molar-refractivity contribution in [2.24, 2.45) is 0 Å². The molecule has 0 bridgehead atoms. The zero-order valence-electron chi connectivity index (χ0n) is 11.7. The topological polar surface area (TPSA) is 51.2 Å². The van der Waals surface area contributed by atoms with E-state index in [1.165, 1.54) is 12.7 Å². The number of pyridine rings is 1. The molecule has 1 aromatic heterocycles. The van der Waals surface area contributed by atoms with Gasteiger partial charge < -0.3 is 10.1 Å². The standard InChI is InChI=1S/C16H18N2O2/c1-12(14-7-9-17-10-8-14)18-11-13-3-5-15(6-4-13)16(19)20-2/h3-10,12,18H,11H2,1-2H3. The molecule has 0 saturated carbocycles. The van der Waals surface area contributed by atoms with Crippen LogP contribution in [0.15, 0.2) is 48.8 Å². The number of nitrogens with one attached hydrogen (secondary N) is 1. The zero-order chi connectivity index (χ0) is 14.4. The second-order valence-corrected chi connectivity index (χ2v) is 4.57. The first-order valence-electron chi connectivity index (χ1n) is 6.51. The lowest BCUT2D eigenvalue weighted by Gasteiger charge is -2.14. The first-order chi connectivity index (χ1) is 9.70. The predicted octanol–water partition coefficient (Wildman–Crippen LogP) is 2.72. The maximum Gasteiger partial charge on any atom is 0.337 e. The van der Waals surface area contributed by atoms with Gasteiger partial charge in [0, 0.05) is 25.0 Å². The van der Waals surface area contributed by atoms with Crippen LogP contribution in [0.2, 0.25) is 0 Å². The van der Waals surface area contributed by atoms with E-state index in [0.717, 1.165) is 12.1 Å². The minimum Gasteiger partial charge on any atom is -0.465 e. The number of hydrogen-bond acceptors (Lipinski definition) is 4. The minimum atomic E-state index is -0.310. The number of ether oxygens (including phenoxy) is 1.